The van der Waals surface area contributed by atoms with Gasteiger partial charge in [0.15, 0.2) is 11.9 Å². The summed E-state index contributed by atoms with van der Waals surface area (Å²) >= 11 is 0. The van der Waals surface area contributed by atoms with Crippen molar-refractivity contribution in [3.05, 3.63) is 0 Å². The van der Waals surface area contributed by atoms with Crippen LogP contribution in [0.4, 0.5) is 0 Å². The van der Waals surface area contributed by atoms with Crippen molar-refractivity contribution in [2.45, 2.75) is 20.0 Å². The Labute approximate surface area is 58.8 Å². The maximum atomic E-state index is 10.3. The molecule has 0 fully saturated rings. The van der Waals surface area contributed by atoms with Gasteiger partial charge in [-0.05, 0) is 13.8 Å². The molecule has 0 aromatic rings. The molecular formula is C6H10O4. The van der Waals surface area contributed by atoms with Gasteiger partial charge in [-0.25, -0.2) is 4.79 Å². The Kier molecular flexibility index (Phi) is 3.64. The van der Waals surface area contributed by atoms with Crippen LogP contribution in [0, 0.1) is 0 Å². The van der Waals surface area contributed by atoms with Gasteiger partial charge in [0, 0.05) is 0 Å². The normalized spacial score (nSPS) is 12.6. The third kappa shape index (κ3) is 4.03. The van der Waals surface area contributed by atoms with Gasteiger partial charge < -0.3 is 9.84 Å². The largest absolute Gasteiger partial charge is 0.479 e. The van der Waals surface area contributed by atoms with E-state index in [-0.39, 0.29) is 12.4 Å². The van der Waals surface area contributed by atoms with E-state index in [9.17, 15) is 9.59 Å². The van der Waals surface area contributed by atoms with Crippen molar-refractivity contribution >= 4 is 11.8 Å². The maximum Gasteiger partial charge on any atom is 0.332 e. The van der Waals surface area contributed by atoms with Crippen LogP contribution in [-0.2, 0) is 14.3 Å². The molecule has 0 radical (unpaired) electrons. The van der Waals surface area contributed by atoms with Gasteiger partial charge in [-0.1, -0.05) is 0 Å². The lowest BCUT2D eigenvalue weighted by Crippen LogP contribution is -2.22. The van der Waals surface area contributed by atoms with Crippen LogP contribution < -0.4 is 0 Å². The van der Waals surface area contributed by atoms with E-state index >= 15 is 0 Å². The van der Waals surface area contributed by atoms with Crippen LogP contribution in [-0.4, -0.2) is 29.6 Å². The minimum atomic E-state index is -1.05. The molecule has 1 atom stereocenters. The fourth-order valence-corrected chi connectivity index (χ4v) is 0.314. The minimum absolute atomic E-state index is 0.131. The molecular weight excluding hydrogens is 136 g/mol. The Morgan fingerprint density at radius 3 is 2.40 bits per heavy atom. The average molecular weight is 146 g/mol. The lowest BCUT2D eigenvalue weighted by molar-refractivity contribution is -0.150. The van der Waals surface area contributed by atoms with Crippen molar-refractivity contribution in [3.8, 4) is 0 Å². The molecule has 0 rings (SSSR count). The van der Waals surface area contributed by atoms with Crippen LogP contribution in [0.3, 0.4) is 0 Å². The second-order valence-electron chi connectivity index (χ2n) is 1.99. The number of carboxylic acids is 1. The molecule has 0 amide bonds. The Bertz CT molecular complexity index is 141. The first-order valence-corrected chi connectivity index (χ1v) is 2.88. The average Bonchev–Trinajstić information content (AvgIpc) is 1.82. The highest BCUT2D eigenvalue weighted by Crippen LogP contribution is 1.89. The summed E-state index contributed by atoms with van der Waals surface area (Å²) in [6, 6.07) is 0. The molecule has 0 aromatic heterocycles. The quantitative estimate of drug-likeness (QED) is 0.609. The summed E-state index contributed by atoms with van der Waals surface area (Å²) in [6.45, 7) is 2.59. The SMILES string of the molecule is CC(=O)COC(C)C(=O)O. The molecule has 0 heterocycles. The zero-order valence-electron chi connectivity index (χ0n) is 5.96. The molecule has 0 bridgehead atoms. The van der Waals surface area contributed by atoms with E-state index in [0.29, 0.717) is 0 Å². The minimum Gasteiger partial charge on any atom is -0.479 e. The van der Waals surface area contributed by atoms with E-state index < -0.39 is 12.1 Å². The van der Waals surface area contributed by atoms with Gasteiger partial charge in [0.1, 0.15) is 6.61 Å². The van der Waals surface area contributed by atoms with E-state index in [1.54, 1.807) is 0 Å². The molecule has 0 saturated carbocycles. The van der Waals surface area contributed by atoms with Crippen LogP contribution in [0.1, 0.15) is 13.8 Å². The fourth-order valence-electron chi connectivity index (χ4n) is 0.314. The molecule has 0 aliphatic carbocycles. The van der Waals surface area contributed by atoms with Crippen molar-refractivity contribution < 1.29 is 19.4 Å². The zero-order chi connectivity index (χ0) is 8.15. The van der Waals surface area contributed by atoms with Crippen molar-refractivity contribution in [2.24, 2.45) is 0 Å². The summed E-state index contributed by atoms with van der Waals surface area (Å²) in [5.41, 5.74) is 0. The predicted octanol–water partition coefficient (Wildman–Crippen LogP) is 0.0651. The Balaban J connectivity index is 3.49. The number of hydrogen-bond donors (Lipinski definition) is 1. The highest BCUT2D eigenvalue weighted by Gasteiger charge is 2.10. The zero-order valence-corrected chi connectivity index (χ0v) is 5.96. The number of Topliss-reactive ketones (excluding diaryl/α,β-unsaturated/α-hetero) is 1. The predicted molar refractivity (Wildman–Crippen MR) is 33.7 cm³/mol. The molecule has 1 unspecified atom stereocenters. The van der Waals surface area contributed by atoms with Crippen LogP contribution in [0.15, 0.2) is 0 Å². The third-order valence-corrected chi connectivity index (χ3v) is 0.884. The van der Waals surface area contributed by atoms with Gasteiger partial charge in [0.2, 0.25) is 0 Å². The molecule has 4 heteroatoms. The second-order valence-corrected chi connectivity index (χ2v) is 1.99. The van der Waals surface area contributed by atoms with Gasteiger partial charge in [-0.3, -0.25) is 4.79 Å². The lowest BCUT2D eigenvalue weighted by Gasteiger charge is -2.04. The van der Waals surface area contributed by atoms with E-state index in [2.05, 4.69) is 4.74 Å². The highest BCUT2D eigenvalue weighted by atomic mass is 16.5. The Morgan fingerprint density at radius 2 is 2.10 bits per heavy atom. The summed E-state index contributed by atoms with van der Waals surface area (Å²) < 4.78 is 4.62. The molecule has 4 nitrogen and oxygen atoms in total. The summed E-state index contributed by atoms with van der Waals surface area (Å²) in [4.78, 5) is 20.3. The number of aliphatic carboxylic acids is 1. The summed E-state index contributed by atoms with van der Waals surface area (Å²) in [5, 5.41) is 8.26. The fraction of sp³-hybridized carbons (Fsp3) is 0.667. The van der Waals surface area contributed by atoms with Gasteiger partial charge in [-0.15, -0.1) is 0 Å². The van der Waals surface area contributed by atoms with Gasteiger partial charge in [-0.2, -0.15) is 0 Å². The monoisotopic (exact) mass is 146 g/mol. The Morgan fingerprint density at radius 1 is 1.60 bits per heavy atom. The van der Waals surface area contributed by atoms with Crippen LogP contribution in [0.25, 0.3) is 0 Å². The molecule has 10 heavy (non-hydrogen) atoms. The van der Waals surface area contributed by atoms with Gasteiger partial charge in [0.25, 0.3) is 0 Å². The van der Waals surface area contributed by atoms with Crippen molar-refractivity contribution in [2.75, 3.05) is 6.61 Å². The van der Waals surface area contributed by atoms with Crippen molar-refractivity contribution in [1.29, 1.82) is 0 Å². The van der Waals surface area contributed by atoms with Gasteiger partial charge >= 0.3 is 5.97 Å². The number of ketones is 1. The van der Waals surface area contributed by atoms with Crippen molar-refractivity contribution in [1.82, 2.24) is 0 Å². The van der Waals surface area contributed by atoms with Crippen molar-refractivity contribution in [3.63, 3.8) is 0 Å². The summed E-state index contributed by atoms with van der Waals surface area (Å²) in [6.07, 6.45) is -0.899. The molecule has 0 aliphatic rings. The van der Waals surface area contributed by atoms with E-state index in [1.165, 1.54) is 13.8 Å². The number of hydrogen-bond acceptors (Lipinski definition) is 3. The first-order valence-electron chi connectivity index (χ1n) is 2.88. The Hall–Kier alpha value is -0.900. The highest BCUT2D eigenvalue weighted by molar-refractivity contribution is 5.77. The molecule has 0 spiro atoms. The number of ether oxygens (including phenoxy) is 1. The topological polar surface area (TPSA) is 63.6 Å². The summed E-state index contributed by atoms with van der Waals surface area (Å²) in [7, 11) is 0. The maximum absolute atomic E-state index is 10.3. The van der Waals surface area contributed by atoms with E-state index in [1.807, 2.05) is 0 Å². The van der Waals surface area contributed by atoms with E-state index in [4.69, 9.17) is 5.11 Å². The second kappa shape index (κ2) is 4.00. The third-order valence-electron chi connectivity index (χ3n) is 0.884. The molecule has 1 N–H and O–H groups in total. The summed E-state index contributed by atoms with van der Waals surface area (Å²) in [5.74, 6) is -1.23. The molecule has 58 valence electrons. The smallest absolute Gasteiger partial charge is 0.332 e. The lowest BCUT2D eigenvalue weighted by atomic mass is 10.4. The van der Waals surface area contributed by atoms with Crippen LogP contribution in [0.2, 0.25) is 0 Å². The van der Waals surface area contributed by atoms with E-state index in [0.717, 1.165) is 0 Å². The first kappa shape index (κ1) is 9.10. The van der Waals surface area contributed by atoms with Crippen LogP contribution >= 0.6 is 0 Å². The molecule has 0 aromatic carbocycles. The molecule has 0 saturated heterocycles. The van der Waals surface area contributed by atoms with Crippen LogP contribution in [0.5, 0.6) is 0 Å². The number of carboxylic acid groups (broad SMARTS) is 1. The first-order chi connectivity index (χ1) is 4.54. The standard InChI is InChI=1S/C6H10O4/c1-4(7)3-10-5(2)6(8)9/h5H,3H2,1-2H3,(H,8,9). The molecule has 0 aliphatic heterocycles. The number of carbonyl (C=O) groups is 2. The number of carbonyl (C=O) groups excluding carboxylic acids is 1. The van der Waals surface area contributed by atoms with Gasteiger partial charge in [0.05, 0.1) is 0 Å². The number of rotatable bonds is 4.